The van der Waals surface area contributed by atoms with Gasteiger partial charge in [0.25, 0.3) is 0 Å². The van der Waals surface area contributed by atoms with Crippen molar-refractivity contribution < 1.29 is 4.39 Å². The average molecular weight is 286 g/mol. The van der Waals surface area contributed by atoms with Crippen LogP contribution < -0.4 is 10.6 Å². The van der Waals surface area contributed by atoms with Crippen molar-refractivity contribution in [2.75, 3.05) is 11.4 Å². The number of rotatable bonds is 6. The van der Waals surface area contributed by atoms with Crippen molar-refractivity contribution in [1.29, 1.82) is 0 Å². The molecule has 2 nitrogen and oxygen atoms in total. The van der Waals surface area contributed by atoms with Crippen LogP contribution in [-0.2, 0) is 6.42 Å². The van der Waals surface area contributed by atoms with E-state index in [2.05, 4.69) is 30.9 Å². The van der Waals surface area contributed by atoms with Gasteiger partial charge in [-0.15, -0.1) is 0 Å². The first-order valence-electron chi connectivity index (χ1n) is 7.52. The average Bonchev–Trinajstić information content (AvgIpc) is 2.51. The van der Waals surface area contributed by atoms with Crippen molar-refractivity contribution in [2.24, 2.45) is 5.73 Å². The Morgan fingerprint density at radius 3 is 2.43 bits per heavy atom. The van der Waals surface area contributed by atoms with E-state index in [1.165, 1.54) is 6.07 Å². The smallest absolute Gasteiger partial charge is 0.123 e. The van der Waals surface area contributed by atoms with E-state index in [1.54, 1.807) is 6.07 Å². The number of benzene rings is 2. The van der Waals surface area contributed by atoms with Gasteiger partial charge in [0.05, 0.1) is 0 Å². The molecule has 21 heavy (non-hydrogen) atoms. The number of nitrogens with zero attached hydrogens (tertiary/aromatic N) is 1. The molecule has 2 N–H and O–H groups in total. The fourth-order valence-electron chi connectivity index (χ4n) is 2.51. The zero-order valence-corrected chi connectivity index (χ0v) is 12.7. The summed E-state index contributed by atoms with van der Waals surface area (Å²) in [6, 6.07) is 15.2. The third-order valence-electron chi connectivity index (χ3n) is 3.72. The molecule has 3 heteroatoms. The number of para-hydroxylation sites is 1. The Labute approximate surface area is 126 Å². The van der Waals surface area contributed by atoms with Crippen molar-refractivity contribution in [3.05, 3.63) is 59.9 Å². The molecule has 1 atom stereocenters. The van der Waals surface area contributed by atoms with Crippen LogP contribution in [0.25, 0.3) is 0 Å². The van der Waals surface area contributed by atoms with Gasteiger partial charge in [0, 0.05) is 24.0 Å². The molecule has 0 aliphatic rings. The van der Waals surface area contributed by atoms with E-state index < -0.39 is 0 Å². The van der Waals surface area contributed by atoms with Gasteiger partial charge in [0.1, 0.15) is 5.82 Å². The second-order valence-electron chi connectivity index (χ2n) is 5.23. The highest BCUT2D eigenvalue weighted by molar-refractivity contribution is 5.66. The molecule has 0 amide bonds. The van der Waals surface area contributed by atoms with Gasteiger partial charge in [-0.1, -0.05) is 25.1 Å². The van der Waals surface area contributed by atoms with Crippen LogP contribution >= 0.6 is 0 Å². The molecule has 2 aromatic carbocycles. The molecule has 1 unspecified atom stereocenters. The summed E-state index contributed by atoms with van der Waals surface area (Å²) in [5.74, 6) is -0.207. The maximum Gasteiger partial charge on any atom is 0.123 e. The molecular weight excluding hydrogens is 263 g/mol. The summed E-state index contributed by atoms with van der Waals surface area (Å²) in [7, 11) is 0. The highest BCUT2D eigenvalue weighted by atomic mass is 19.1. The zero-order valence-electron chi connectivity index (χ0n) is 12.7. The van der Waals surface area contributed by atoms with Crippen molar-refractivity contribution in [3.8, 4) is 0 Å². The molecule has 0 radical (unpaired) electrons. The lowest BCUT2D eigenvalue weighted by molar-refractivity contribution is 0.614. The molecule has 0 aromatic heterocycles. The summed E-state index contributed by atoms with van der Waals surface area (Å²) >= 11 is 0. The van der Waals surface area contributed by atoms with Crippen molar-refractivity contribution in [1.82, 2.24) is 0 Å². The first-order chi connectivity index (χ1) is 10.2. The van der Waals surface area contributed by atoms with Crippen LogP contribution in [0.5, 0.6) is 0 Å². The Kier molecular flexibility index (Phi) is 5.34. The molecule has 0 saturated carbocycles. The second kappa shape index (κ2) is 7.23. The Hall–Kier alpha value is -1.87. The standard InChI is InChI=1S/C18H23FN2/c1-3-16(20)13-14-12-15(19)10-11-18(14)21(4-2)17-8-6-5-7-9-17/h5-12,16H,3-4,13,20H2,1-2H3. The molecule has 0 saturated heterocycles. The van der Waals surface area contributed by atoms with Crippen molar-refractivity contribution >= 4 is 11.4 Å². The number of nitrogens with two attached hydrogens (primary N) is 1. The largest absolute Gasteiger partial charge is 0.342 e. The molecule has 2 rings (SSSR count). The van der Waals surface area contributed by atoms with Crippen molar-refractivity contribution in [2.45, 2.75) is 32.7 Å². The van der Waals surface area contributed by atoms with E-state index in [9.17, 15) is 4.39 Å². The topological polar surface area (TPSA) is 29.3 Å². The van der Waals surface area contributed by atoms with E-state index in [1.807, 2.05) is 24.3 Å². The minimum Gasteiger partial charge on any atom is -0.342 e. The highest BCUT2D eigenvalue weighted by Gasteiger charge is 2.14. The minimum atomic E-state index is -0.207. The van der Waals surface area contributed by atoms with Gasteiger partial charge in [-0.2, -0.15) is 0 Å². The van der Waals surface area contributed by atoms with Crippen LogP contribution in [0, 0.1) is 5.82 Å². The molecule has 0 aliphatic heterocycles. The number of hydrogen-bond acceptors (Lipinski definition) is 2. The summed E-state index contributed by atoms with van der Waals surface area (Å²) in [5, 5.41) is 0. The van der Waals surface area contributed by atoms with E-state index in [0.29, 0.717) is 6.42 Å². The van der Waals surface area contributed by atoms with E-state index in [4.69, 9.17) is 5.73 Å². The van der Waals surface area contributed by atoms with Crippen LogP contribution in [0.2, 0.25) is 0 Å². The third kappa shape index (κ3) is 3.82. The quantitative estimate of drug-likeness (QED) is 0.859. The Bertz CT molecular complexity index is 569. The van der Waals surface area contributed by atoms with Gasteiger partial charge in [0.2, 0.25) is 0 Å². The van der Waals surface area contributed by atoms with E-state index >= 15 is 0 Å². The predicted molar refractivity (Wildman–Crippen MR) is 87.5 cm³/mol. The SMILES string of the molecule is CCC(N)Cc1cc(F)ccc1N(CC)c1ccccc1. The van der Waals surface area contributed by atoms with Crippen LogP contribution in [0.4, 0.5) is 15.8 Å². The van der Waals surface area contributed by atoms with Gasteiger partial charge >= 0.3 is 0 Å². The maximum absolute atomic E-state index is 13.6. The predicted octanol–water partition coefficient (Wildman–Crippen LogP) is 4.26. The summed E-state index contributed by atoms with van der Waals surface area (Å²) in [5.41, 5.74) is 9.18. The molecule has 0 aliphatic carbocycles. The fourth-order valence-corrected chi connectivity index (χ4v) is 2.51. The number of hydrogen-bond donors (Lipinski definition) is 1. The summed E-state index contributed by atoms with van der Waals surface area (Å²) < 4.78 is 13.6. The van der Waals surface area contributed by atoms with Crippen LogP contribution in [0.1, 0.15) is 25.8 Å². The Morgan fingerprint density at radius 1 is 1.10 bits per heavy atom. The third-order valence-corrected chi connectivity index (χ3v) is 3.72. The Morgan fingerprint density at radius 2 is 1.81 bits per heavy atom. The second-order valence-corrected chi connectivity index (χ2v) is 5.23. The lowest BCUT2D eigenvalue weighted by Crippen LogP contribution is -2.24. The zero-order chi connectivity index (χ0) is 15.2. The lowest BCUT2D eigenvalue weighted by Gasteiger charge is -2.27. The van der Waals surface area contributed by atoms with Gasteiger partial charge in [-0.05, 0) is 55.7 Å². The van der Waals surface area contributed by atoms with Crippen LogP contribution in [-0.4, -0.2) is 12.6 Å². The molecule has 0 heterocycles. The highest BCUT2D eigenvalue weighted by Crippen LogP contribution is 2.29. The number of anilines is 2. The Balaban J connectivity index is 2.41. The lowest BCUT2D eigenvalue weighted by atomic mass is 10.0. The van der Waals surface area contributed by atoms with Crippen LogP contribution in [0.3, 0.4) is 0 Å². The molecule has 0 bridgehead atoms. The summed E-state index contributed by atoms with van der Waals surface area (Å²) in [6.45, 7) is 4.97. The van der Waals surface area contributed by atoms with Crippen LogP contribution in [0.15, 0.2) is 48.5 Å². The first kappa shape index (κ1) is 15.5. The molecule has 0 fully saturated rings. The monoisotopic (exact) mass is 286 g/mol. The molecule has 112 valence electrons. The molecule has 0 spiro atoms. The molecular formula is C18H23FN2. The minimum absolute atomic E-state index is 0.0556. The van der Waals surface area contributed by atoms with Gasteiger partial charge in [-0.25, -0.2) is 4.39 Å². The van der Waals surface area contributed by atoms with E-state index in [-0.39, 0.29) is 11.9 Å². The maximum atomic E-state index is 13.6. The van der Waals surface area contributed by atoms with Gasteiger partial charge in [-0.3, -0.25) is 0 Å². The van der Waals surface area contributed by atoms with Gasteiger partial charge < -0.3 is 10.6 Å². The van der Waals surface area contributed by atoms with E-state index in [0.717, 1.165) is 29.9 Å². The summed E-state index contributed by atoms with van der Waals surface area (Å²) in [4.78, 5) is 2.19. The molecule has 2 aromatic rings. The summed E-state index contributed by atoms with van der Waals surface area (Å²) in [6.07, 6.45) is 1.57. The van der Waals surface area contributed by atoms with Gasteiger partial charge in [0.15, 0.2) is 0 Å². The fraction of sp³-hybridized carbons (Fsp3) is 0.333. The number of halogens is 1. The first-order valence-corrected chi connectivity index (χ1v) is 7.52. The normalized spacial score (nSPS) is 12.2. The van der Waals surface area contributed by atoms with Crippen molar-refractivity contribution in [3.63, 3.8) is 0 Å².